The van der Waals surface area contributed by atoms with Crippen LogP contribution in [0.1, 0.15) is 27.6 Å². The van der Waals surface area contributed by atoms with Crippen LogP contribution in [0.3, 0.4) is 0 Å². The van der Waals surface area contributed by atoms with E-state index in [0.29, 0.717) is 17.0 Å². The van der Waals surface area contributed by atoms with Crippen molar-refractivity contribution in [2.24, 2.45) is 0 Å². The Morgan fingerprint density at radius 3 is 2.39 bits per heavy atom. The van der Waals surface area contributed by atoms with Crippen molar-refractivity contribution in [1.82, 2.24) is 10.2 Å². The van der Waals surface area contributed by atoms with E-state index in [2.05, 4.69) is 10.6 Å². The Labute approximate surface area is 179 Å². The molecule has 9 nitrogen and oxygen atoms in total. The van der Waals surface area contributed by atoms with Crippen LogP contribution in [0.25, 0.3) is 0 Å². The number of hydrogen-bond donors (Lipinski definition) is 2. The molecular formula is C22H23N3O6. The van der Waals surface area contributed by atoms with Crippen LogP contribution in [-0.4, -0.2) is 61.4 Å². The van der Waals surface area contributed by atoms with Gasteiger partial charge in [0.1, 0.15) is 17.9 Å². The van der Waals surface area contributed by atoms with Crippen molar-refractivity contribution in [3.05, 3.63) is 59.7 Å². The standard InChI is InChI=1S/C22H23N3O6/c1-22(21(29)30-3,13-31-15-7-5-4-6-8-15)23-12-18(26)24-14-9-10-16-17(11-14)20(28)25(2)19(16)27/h4-11,23H,12-13H2,1-3H3,(H,24,26). The predicted molar refractivity (Wildman–Crippen MR) is 112 cm³/mol. The van der Waals surface area contributed by atoms with Crippen molar-refractivity contribution in [2.75, 3.05) is 32.6 Å². The number of hydrogen-bond acceptors (Lipinski definition) is 7. The average Bonchev–Trinajstić information content (AvgIpc) is 3.00. The second-order valence-corrected chi connectivity index (χ2v) is 7.26. The van der Waals surface area contributed by atoms with Crippen LogP contribution in [0.5, 0.6) is 5.75 Å². The maximum atomic E-state index is 12.4. The van der Waals surface area contributed by atoms with Crippen LogP contribution in [0, 0.1) is 0 Å². The molecule has 0 bridgehead atoms. The monoisotopic (exact) mass is 425 g/mol. The number of amides is 3. The third kappa shape index (κ3) is 4.72. The molecule has 1 atom stereocenters. The summed E-state index contributed by atoms with van der Waals surface area (Å²) < 4.78 is 10.5. The van der Waals surface area contributed by atoms with E-state index in [1.54, 1.807) is 37.3 Å². The highest BCUT2D eigenvalue weighted by molar-refractivity contribution is 6.21. The first-order valence-electron chi connectivity index (χ1n) is 9.53. The van der Waals surface area contributed by atoms with Crippen LogP contribution < -0.4 is 15.4 Å². The Kier molecular flexibility index (Phi) is 6.36. The molecule has 1 aliphatic heterocycles. The molecule has 2 aromatic carbocycles. The van der Waals surface area contributed by atoms with Crippen LogP contribution in [-0.2, 0) is 14.3 Å². The molecule has 0 saturated heterocycles. The van der Waals surface area contributed by atoms with Gasteiger partial charge in [0, 0.05) is 12.7 Å². The summed E-state index contributed by atoms with van der Waals surface area (Å²) >= 11 is 0. The van der Waals surface area contributed by atoms with E-state index in [-0.39, 0.29) is 24.6 Å². The summed E-state index contributed by atoms with van der Waals surface area (Å²) in [7, 11) is 2.66. The highest BCUT2D eigenvalue weighted by atomic mass is 16.5. The number of carbonyl (C=O) groups excluding carboxylic acids is 4. The Balaban J connectivity index is 1.63. The van der Waals surface area contributed by atoms with Crippen LogP contribution in [0.2, 0.25) is 0 Å². The molecule has 0 spiro atoms. The van der Waals surface area contributed by atoms with Crippen molar-refractivity contribution in [1.29, 1.82) is 0 Å². The summed E-state index contributed by atoms with van der Waals surface area (Å²) in [6.07, 6.45) is 0. The van der Waals surface area contributed by atoms with E-state index in [1.165, 1.54) is 26.3 Å². The molecule has 0 radical (unpaired) electrons. The van der Waals surface area contributed by atoms with E-state index in [4.69, 9.17) is 9.47 Å². The van der Waals surface area contributed by atoms with Gasteiger partial charge in [-0.2, -0.15) is 0 Å². The van der Waals surface area contributed by atoms with Crippen LogP contribution in [0.4, 0.5) is 5.69 Å². The lowest BCUT2D eigenvalue weighted by molar-refractivity contribution is -0.149. The lowest BCUT2D eigenvalue weighted by Crippen LogP contribution is -2.56. The van der Waals surface area contributed by atoms with E-state index in [1.807, 2.05) is 6.07 Å². The van der Waals surface area contributed by atoms with Gasteiger partial charge in [-0.05, 0) is 37.3 Å². The summed E-state index contributed by atoms with van der Waals surface area (Å²) in [5.41, 5.74) is -0.388. The van der Waals surface area contributed by atoms with Gasteiger partial charge < -0.3 is 14.8 Å². The second kappa shape index (κ2) is 8.97. The van der Waals surface area contributed by atoms with Gasteiger partial charge in [-0.3, -0.25) is 24.6 Å². The highest BCUT2D eigenvalue weighted by Gasteiger charge is 2.36. The molecule has 1 heterocycles. The zero-order chi connectivity index (χ0) is 22.6. The van der Waals surface area contributed by atoms with E-state index in [9.17, 15) is 19.2 Å². The van der Waals surface area contributed by atoms with Gasteiger partial charge >= 0.3 is 5.97 Å². The molecular weight excluding hydrogens is 402 g/mol. The maximum Gasteiger partial charge on any atom is 0.329 e. The molecule has 3 amide bonds. The average molecular weight is 425 g/mol. The number of carbonyl (C=O) groups is 4. The molecule has 0 fully saturated rings. The lowest BCUT2D eigenvalue weighted by Gasteiger charge is -2.27. The first-order valence-corrected chi connectivity index (χ1v) is 9.53. The minimum Gasteiger partial charge on any atom is -0.491 e. The fourth-order valence-corrected chi connectivity index (χ4v) is 3.07. The lowest BCUT2D eigenvalue weighted by atomic mass is 10.0. The quantitative estimate of drug-likeness (QED) is 0.486. The summed E-state index contributed by atoms with van der Waals surface area (Å²) in [5.74, 6) is -1.26. The number of rotatable bonds is 8. The van der Waals surface area contributed by atoms with Crippen molar-refractivity contribution < 1.29 is 28.7 Å². The summed E-state index contributed by atoms with van der Waals surface area (Å²) in [6, 6.07) is 13.4. The molecule has 1 aliphatic rings. The summed E-state index contributed by atoms with van der Waals surface area (Å²) in [4.78, 5) is 49.8. The Morgan fingerprint density at radius 1 is 1.03 bits per heavy atom. The number of nitrogens with one attached hydrogen (secondary N) is 2. The minimum atomic E-state index is -1.27. The molecule has 2 N–H and O–H groups in total. The second-order valence-electron chi connectivity index (χ2n) is 7.26. The molecule has 1 unspecified atom stereocenters. The maximum absolute atomic E-state index is 12.4. The first-order chi connectivity index (χ1) is 14.7. The molecule has 31 heavy (non-hydrogen) atoms. The fourth-order valence-electron chi connectivity index (χ4n) is 3.07. The zero-order valence-corrected chi connectivity index (χ0v) is 17.4. The number of imide groups is 1. The zero-order valence-electron chi connectivity index (χ0n) is 17.4. The Morgan fingerprint density at radius 2 is 1.71 bits per heavy atom. The molecule has 3 rings (SSSR count). The number of benzene rings is 2. The predicted octanol–water partition coefficient (Wildman–Crippen LogP) is 1.45. The van der Waals surface area contributed by atoms with Gasteiger partial charge in [-0.1, -0.05) is 18.2 Å². The molecule has 2 aromatic rings. The van der Waals surface area contributed by atoms with Gasteiger partial charge in [0.2, 0.25) is 5.91 Å². The molecule has 0 aliphatic carbocycles. The number of esters is 1. The fraction of sp³-hybridized carbons (Fsp3) is 0.273. The Bertz CT molecular complexity index is 1020. The molecule has 9 heteroatoms. The van der Waals surface area contributed by atoms with E-state index in [0.717, 1.165) is 4.90 Å². The van der Waals surface area contributed by atoms with Gasteiger partial charge in [0.25, 0.3) is 11.8 Å². The first kappa shape index (κ1) is 22.0. The van der Waals surface area contributed by atoms with Crippen molar-refractivity contribution >= 4 is 29.4 Å². The third-order valence-electron chi connectivity index (χ3n) is 4.92. The largest absolute Gasteiger partial charge is 0.491 e. The summed E-state index contributed by atoms with van der Waals surface area (Å²) in [6.45, 7) is 1.30. The van der Waals surface area contributed by atoms with Gasteiger partial charge in [0.05, 0.1) is 24.8 Å². The number of fused-ring (bicyclic) bond motifs is 1. The topological polar surface area (TPSA) is 114 Å². The van der Waals surface area contributed by atoms with Crippen molar-refractivity contribution in [3.8, 4) is 5.75 Å². The normalized spacial score (nSPS) is 14.6. The third-order valence-corrected chi connectivity index (χ3v) is 4.92. The van der Waals surface area contributed by atoms with Crippen molar-refractivity contribution in [2.45, 2.75) is 12.5 Å². The number of nitrogens with zero attached hydrogens (tertiary/aromatic N) is 1. The SMILES string of the molecule is COC(=O)C(C)(COc1ccccc1)NCC(=O)Nc1ccc2c(c1)C(=O)N(C)C2=O. The molecule has 0 saturated carbocycles. The van der Waals surface area contributed by atoms with E-state index >= 15 is 0 Å². The Hall–Kier alpha value is -3.72. The molecule has 162 valence electrons. The molecule has 0 aromatic heterocycles. The minimum absolute atomic E-state index is 0.0568. The van der Waals surface area contributed by atoms with Crippen molar-refractivity contribution in [3.63, 3.8) is 0 Å². The number of anilines is 1. The number of para-hydroxylation sites is 1. The summed E-state index contributed by atoms with van der Waals surface area (Å²) in [5, 5.41) is 5.52. The smallest absolute Gasteiger partial charge is 0.329 e. The van der Waals surface area contributed by atoms with Gasteiger partial charge in [-0.15, -0.1) is 0 Å². The van der Waals surface area contributed by atoms with Crippen LogP contribution >= 0.6 is 0 Å². The van der Waals surface area contributed by atoms with E-state index < -0.39 is 23.3 Å². The number of methoxy groups -OCH3 is 1. The van der Waals surface area contributed by atoms with Gasteiger partial charge in [-0.25, -0.2) is 4.79 Å². The highest BCUT2D eigenvalue weighted by Crippen LogP contribution is 2.24. The van der Waals surface area contributed by atoms with Gasteiger partial charge in [0.15, 0.2) is 0 Å². The number of ether oxygens (including phenoxy) is 2. The van der Waals surface area contributed by atoms with Crippen LogP contribution in [0.15, 0.2) is 48.5 Å².